The number of nitrogens with one attached hydrogen (secondary N) is 1. The van der Waals surface area contributed by atoms with Gasteiger partial charge < -0.3 is 10.1 Å². The molecule has 0 saturated heterocycles. The van der Waals surface area contributed by atoms with E-state index in [0.29, 0.717) is 11.5 Å². The van der Waals surface area contributed by atoms with Crippen LogP contribution < -0.4 is 10.1 Å². The van der Waals surface area contributed by atoms with Crippen molar-refractivity contribution >= 4 is 0 Å². The Kier molecular flexibility index (Phi) is 4.19. The molecule has 2 atom stereocenters. The summed E-state index contributed by atoms with van der Waals surface area (Å²) in [6.45, 7) is 12.2. The molecule has 0 radical (unpaired) electrons. The molecule has 1 saturated carbocycles. The zero-order valence-electron chi connectivity index (χ0n) is 12.9. The molecule has 0 heterocycles. The van der Waals surface area contributed by atoms with Crippen LogP contribution in [0.4, 0.5) is 0 Å². The first-order valence-electron chi connectivity index (χ1n) is 7.38. The minimum Gasteiger partial charge on any atom is -0.491 e. The van der Waals surface area contributed by atoms with Crippen molar-refractivity contribution in [3.63, 3.8) is 0 Å². The number of rotatable bonds is 6. The average Bonchev–Trinajstić information content (AvgIpc) is 2.94. The van der Waals surface area contributed by atoms with Crippen LogP contribution in [0.1, 0.15) is 52.6 Å². The first-order valence-corrected chi connectivity index (χ1v) is 7.38. The summed E-state index contributed by atoms with van der Waals surface area (Å²) in [7, 11) is 0. The molecule has 0 amide bonds. The van der Waals surface area contributed by atoms with E-state index in [1.165, 1.54) is 12.0 Å². The predicted octanol–water partition coefficient (Wildman–Crippen LogP) is 4.17. The molecular formula is C17H27NO. The van der Waals surface area contributed by atoms with Gasteiger partial charge in [-0.1, -0.05) is 26.0 Å². The van der Waals surface area contributed by atoms with Crippen LogP contribution in [0, 0.1) is 11.3 Å². The van der Waals surface area contributed by atoms with Gasteiger partial charge >= 0.3 is 0 Å². The highest BCUT2D eigenvalue weighted by Gasteiger charge is 2.44. The number of hydrogen-bond donors (Lipinski definition) is 1. The Morgan fingerprint density at radius 2 is 1.79 bits per heavy atom. The quantitative estimate of drug-likeness (QED) is 0.830. The summed E-state index contributed by atoms with van der Waals surface area (Å²) in [5, 5.41) is 3.64. The molecule has 0 aromatic heterocycles. The Balaban J connectivity index is 1.83. The number of ether oxygens (including phenoxy) is 1. The van der Waals surface area contributed by atoms with Gasteiger partial charge in [0.1, 0.15) is 5.75 Å². The van der Waals surface area contributed by atoms with Crippen molar-refractivity contribution in [3.8, 4) is 5.75 Å². The zero-order chi connectivity index (χ0) is 14.0. The van der Waals surface area contributed by atoms with Gasteiger partial charge in [-0.2, -0.15) is 0 Å². The Bertz CT molecular complexity index is 408. The van der Waals surface area contributed by atoms with Gasteiger partial charge in [0.25, 0.3) is 0 Å². The van der Waals surface area contributed by atoms with Crippen LogP contribution in [0.15, 0.2) is 24.3 Å². The van der Waals surface area contributed by atoms with Gasteiger partial charge in [0, 0.05) is 6.04 Å². The second kappa shape index (κ2) is 5.54. The van der Waals surface area contributed by atoms with Crippen molar-refractivity contribution in [1.29, 1.82) is 0 Å². The topological polar surface area (TPSA) is 21.3 Å². The van der Waals surface area contributed by atoms with Gasteiger partial charge in [0.2, 0.25) is 0 Å². The van der Waals surface area contributed by atoms with Crippen LogP contribution in [-0.4, -0.2) is 12.6 Å². The summed E-state index contributed by atoms with van der Waals surface area (Å²) in [4.78, 5) is 0. The second-order valence-corrected chi connectivity index (χ2v) is 6.76. The second-order valence-electron chi connectivity index (χ2n) is 6.76. The maximum Gasteiger partial charge on any atom is 0.119 e. The highest BCUT2D eigenvalue weighted by Crippen LogP contribution is 2.51. The first kappa shape index (κ1) is 14.4. The molecule has 1 aliphatic carbocycles. The molecule has 0 bridgehead atoms. The smallest absolute Gasteiger partial charge is 0.119 e. The van der Waals surface area contributed by atoms with Gasteiger partial charge in [-0.05, 0) is 62.8 Å². The third kappa shape index (κ3) is 3.97. The van der Waals surface area contributed by atoms with Gasteiger partial charge in [-0.25, -0.2) is 0 Å². The zero-order valence-corrected chi connectivity index (χ0v) is 12.9. The molecular weight excluding hydrogens is 234 g/mol. The fraction of sp³-hybridized carbons (Fsp3) is 0.647. The average molecular weight is 261 g/mol. The maximum absolute atomic E-state index is 5.66. The lowest BCUT2D eigenvalue weighted by Gasteiger charge is -2.16. The van der Waals surface area contributed by atoms with Crippen LogP contribution in [-0.2, 0) is 0 Å². The molecule has 0 aliphatic heterocycles. The number of benzene rings is 1. The van der Waals surface area contributed by atoms with E-state index in [1.54, 1.807) is 0 Å². The van der Waals surface area contributed by atoms with Gasteiger partial charge in [-0.15, -0.1) is 0 Å². The summed E-state index contributed by atoms with van der Waals surface area (Å²) >= 11 is 0. The van der Waals surface area contributed by atoms with Gasteiger partial charge in [-0.3, -0.25) is 0 Å². The van der Waals surface area contributed by atoms with Gasteiger partial charge in [0.05, 0.1) is 6.10 Å². The van der Waals surface area contributed by atoms with E-state index in [0.717, 1.165) is 18.2 Å². The van der Waals surface area contributed by atoms with Crippen LogP contribution in [0.5, 0.6) is 5.75 Å². The molecule has 1 aromatic carbocycles. The lowest BCUT2D eigenvalue weighted by molar-refractivity contribution is 0.242. The maximum atomic E-state index is 5.66. The van der Waals surface area contributed by atoms with Crippen molar-refractivity contribution in [2.75, 3.05) is 6.54 Å². The predicted molar refractivity (Wildman–Crippen MR) is 80.5 cm³/mol. The molecule has 19 heavy (non-hydrogen) atoms. The summed E-state index contributed by atoms with van der Waals surface area (Å²) in [6.07, 6.45) is 1.59. The van der Waals surface area contributed by atoms with Crippen LogP contribution >= 0.6 is 0 Å². The van der Waals surface area contributed by atoms with E-state index in [2.05, 4.69) is 64.2 Å². The molecule has 106 valence electrons. The van der Waals surface area contributed by atoms with Crippen molar-refractivity contribution in [1.82, 2.24) is 5.32 Å². The minimum absolute atomic E-state index is 0.235. The minimum atomic E-state index is 0.235. The SMILES string of the molecule is CC(C)Oc1ccc(C(C)NCC2CC2(C)C)cc1. The van der Waals surface area contributed by atoms with E-state index in [4.69, 9.17) is 4.74 Å². The lowest BCUT2D eigenvalue weighted by Crippen LogP contribution is -2.22. The molecule has 0 spiro atoms. The Morgan fingerprint density at radius 1 is 1.21 bits per heavy atom. The largest absolute Gasteiger partial charge is 0.491 e. The summed E-state index contributed by atoms with van der Waals surface area (Å²) < 4.78 is 5.66. The van der Waals surface area contributed by atoms with E-state index in [1.807, 2.05) is 0 Å². The van der Waals surface area contributed by atoms with Crippen molar-refractivity contribution in [2.45, 2.75) is 53.2 Å². The molecule has 2 nitrogen and oxygen atoms in total. The Labute approximate surface area is 117 Å². The first-order chi connectivity index (χ1) is 8.88. The normalized spacial score (nSPS) is 22.3. The van der Waals surface area contributed by atoms with E-state index >= 15 is 0 Å². The van der Waals surface area contributed by atoms with Crippen molar-refractivity contribution in [2.24, 2.45) is 11.3 Å². The van der Waals surface area contributed by atoms with Gasteiger partial charge in [0.15, 0.2) is 0 Å². The fourth-order valence-corrected chi connectivity index (χ4v) is 2.47. The van der Waals surface area contributed by atoms with Crippen molar-refractivity contribution in [3.05, 3.63) is 29.8 Å². The highest BCUT2D eigenvalue weighted by atomic mass is 16.5. The van der Waals surface area contributed by atoms with Crippen LogP contribution in [0.25, 0.3) is 0 Å². The Hall–Kier alpha value is -1.02. The summed E-state index contributed by atoms with van der Waals surface area (Å²) in [6, 6.07) is 8.86. The summed E-state index contributed by atoms with van der Waals surface area (Å²) in [5.74, 6) is 1.80. The highest BCUT2D eigenvalue weighted by molar-refractivity contribution is 5.29. The Morgan fingerprint density at radius 3 is 2.26 bits per heavy atom. The molecule has 1 aliphatic rings. The monoisotopic (exact) mass is 261 g/mol. The third-order valence-electron chi connectivity index (χ3n) is 4.14. The standard InChI is InChI=1S/C17H27NO/c1-12(2)19-16-8-6-14(7-9-16)13(3)18-11-15-10-17(15,4)5/h6-9,12-13,15,18H,10-11H2,1-5H3. The van der Waals surface area contributed by atoms with E-state index in [9.17, 15) is 0 Å². The third-order valence-corrected chi connectivity index (χ3v) is 4.14. The molecule has 2 unspecified atom stereocenters. The molecule has 1 aromatic rings. The fourth-order valence-electron chi connectivity index (χ4n) is 2.47. The molecule has 1 N–H and O–H groups in total. The number of hydrogen-bond acceptors (Lipinski definition) is 2. The molecule has 2 rings (SSSR count). The van der Waals surface area contributed by atoms with Crippen molar-refractivity contribution < 1.29 is 4.74 Å². The molecule has 2 heteroatoms. The lowest BCUT2D eigenvalue weighted by atomic mass is 10.1. The molecule has 1 fully saturated rings. The van der Waals surface area contributed by atoms with Crippen LogP contribution in [0.2, 0.25) is 0 Å². The van der Waals surface area contributed by atoms with E-state index < -0.39 is 0 Å². The van der Waals surface area contributed by atoms with Crippen LogP contribution in [0.3, 0.4) is 0 Å². The summed E-state index contributed by atoms with van der Waals surface area (Å²) in [5.41, 5.74) is 1.89. The van der Waals surface area contributed by atoms with E-state index in [-0.39, 0.29) is 6.10 Å².